The van der Waals surface area contributed by atoms with Gasteiger partial charge >= 0.3 is 0 Å². The maximum atomic E-state index is 12.0. The molecule has 0 bridgehead atoms. The van der Waals surface area contributed by atoms with Crippen molar-refractivity contribution in [2.24, 2.45) is 0 Å². The van der Waals surface area contributed by atoms with Gasteiger partial charge in [0.2, 0.25) is 11.8 Å². The number of nitrogens with one attached hydrogen (secondary N) is 2. The van der Waals surface area contributed by atoms with Crippen LogP contribution >= 0.6 is 0 Å². The van der Waals surface area contributed by atoms with Gasteiger partial charge in [0.25, 0.3) is 0 Å². The number of para-hydroxylation sites is 1. The summed E-state index contributed by atoms with van der Waals surface area (Å²) >= 11 is 0. The third-order valence-corrected chi connectivity index (χ3v) is 4.97. The molecule has 1 aliphatic heterocycles. The molecule has 0 radical (unpaired) electrons. The highest BCUT2D eigenvalue weighted by atomic mass is 16.2. The third-order valence-electron chi connectivity index (χ3n) is 4.97. The number of piperazine rings is 1. The lowest BCUT2D eigenvalue weighted by Crippen LogP contribution is -2.48. The summed E-state index contributed by atoms with van der Waals surface area (Å²) in [5.74, 6) is -0.327. The molecule has 0 aromatic heterocycles. The summed E-state index contributed by atoms with van der Waals surface area (Å²) in [6.07, 6.45) is 1.39. The van der Waals surface area contributed by atoms with E-state index in [-0.39, 0.29) is 11.8 Å². The first-order valence-electron chi connectivity index (χ1n) is 9.85. The van der Waals surface area contributed by atoms with Gasteiger partial charge in [-0.1, -0.05) is 48.5 Å². The second-order valence-corrected chi connectivity index (χ2v) is 7.00. The van der Waals surface area contributed by atoms with E-state index in [1.54, 1.807) is 0 Å². The Hall–Kier alpha value is -2.86. The summed E-state index contributed by atoms with van der Waals surface area (Å²) in [4.78, 5) is 28.5. The smallest absolute Gasteiger partial charge is 0.239 e. The first kappa shape index (κ1) is 19.9. The minimum atomic E-state index is -0.173. The zero-order chi connectivity index (χ0) is 19.6. The number of amides is 2. The van der Waals surface area contributed by atoms with Crippen molar-refractivity contribution in [2.75, 3.05) is 37.6 Å². The lowest BCUT2D eigenvalue weighted by atomic mass is 10.1. The van der Waals surface area contributed by atoms with Crippen LogP contribution in [-0.4, -0.2) is 49.4 Å². The molecule has 0 saturated carbocycles. The van der Waals surface area contributed by atoms with Crippen molar-refractivity contribution in [3.63, 3.8) is 0 Å². The lowest BCUT2D eigenvalue weighted by Gasteiger charge is -2.36. The number of carbonyl (C=O) groups is 2. The summed E-state index contributed by atoms with van der Waals surface area (Å²) in [5, 5.41) is 0. The molecular weight excluding hydrogens is 352 g/mol. The molecule has 0 aliphatic carbocycles. The molecule has 6 heteroatoms. The van der Waals surface area contributed by atoms with Crippen molar-refractivity contribution in [3.8, 4) is 0 Å². The quantitative estimate of drug-likeness (QED) is 0.721. The SMILES string of the molecule is O=C(CCc1ccccc1)NNC(=O)CCN1CCN(c2ccccc2)CC1. The zero-order valence-corrected chi connectivity index (χ0v) is 16.1. The van der Waals surface area contributed by atoms with Gasteiger partial charge in [-0.15, -0.1) is 0 Å². The Labute approximate surface area is 166 Å². The van der Waals surface area contributed by atoms with Crippen molar-refractivity contribution in [3.05, 3.63) is 66.2 Å². The van der Waals surface area contributed by atoms with Crippen molar-refractivity contribution < 1.29 is 9.59 Å². The summed E-state index contributed by atoms with van der Waals surface area (Å²) < 4.78 is 0. The highest BCUT2D eigenvalue weighted by Gasteiger charge is 2.17. The van der Waals surface area contributed by atoms with E-state index in [2.05, 4.69) is 44.9 Å². The number of rotatable bonds is 7. The van der Waals surface area contributed by atoms with E-state index >= 15 is 0 Å². The minimum absolute atomic E-state index is 0.154. The van der Waals surface area contributed by atoms with Crippen LogP contribution in [0.15, 0.2) is 60.7 Å². The molecule has 6 nitrogen and oxygen atoms in total. The molecule has 1 aliphatic rings. The van der Waals surface area contributed by atoms with E-state index in [0.29, 0.717) is 25.8 Å². The largest absolute Gasteiger partial charge is 0.369 e. The third kappa shape index (κ3) is 6.39. The average Bonchev–Trinajstić information content (AvgIpc) is 2.76. The Morgan fingerprint density at radius 1 is 0.750 bits per heavy atom. The number of hydrazine groups is 1. The summed E-state index contributed by atoms with van der Waals surface area (Å²) in [6.45, 7) is 4.50. The van der Waals surface area contributed by atoms with Gasteiger partial charge in [-0.2, -0.15) is 0 Å². The van der Waals surface area contributed by atoms with Crippen molar-refractivity contribution in [1.29, 1.82) is 0 Å². The van der Waals surface area contributed by atoms with Crippen LogP contribution in [0.25, 0.3) is 0 Å². The Morgan fingerprint density at radius 3 is 1.96 bits per heavy atom. The second kappa shape index (κ2) is 10.5. The zero-order valence-electron chi connectivity index (χ0n) is 16.1. The van der Waals surface area contributed by atoms with E-state index in [9.17, 15) is 9.59 Å². The number of anilines is 1. The second-order valence-electron chi connectivity index (χ2n) is 7.00. The van der Waals surface area contributed by atoms with Crippen LogP contribution in [0, 0.1) is 0 Å². The Kier molecular flexibility index (Phi) is 7.44. The van der Waals surface area contributed by atoms with Crippen LogP contribution in [0.2, 0.25) is 0 Å². The molecule has 2 N–H and O–H groups in total. The van der Waals surface area contributed by atoms with Crippen LogP contribution in [0.5, 0.6) is 0 Å². The van der Waals surface area contributed by atoms with Crippen molar-refractivity contribution in [2.45, 2.75) is 19.3 Å². The van der Waals surface area contributed by atoms with Gasteiger partial charge in [0.15, 0.2) is 0 Å². The van der Waals surface area contributed by atoms with Crippen LogP contribution < -0.4 is 15.8 Å². The maximum Gasteiger partial charge on any atom is 0.239 e. The van der Waals surface area contributed by atoms with Crippen molar-refractivity contribution in [1.82, 2.24) is 15.8 Å². The fraction of sp³-hybridized carbons (Fsp3) is 0.364. The van der Waals surface area contributed by atoms with Crippen LogP contribution in [-0.2, 0) is 16.0 Å². The first-order chi connectivity index (χ1) is 13.7. The predicted octanol–water partition coefficient (Wildman–Crippen LogP) is 1.98. The first-order valence-corrected chi connectivity index (χ1v) is 9.85. The predicted molar refractivity (Wildman–Crippen MR) is 111 cm³/mol. The van der Waals surface area contributed by atoms with Crippen LogP contribution in [0.1, 0.15) is 18.4 Å². The standard InChI is InChI=1S/C22H28N4O2/c27-21(12-11-19-7-3-1-4-8-19)23-24-22(28)13-14-25-15-17-26(18-16-25)20-9-5-2-6-10-20/h1-10H,11-18H2,(H,23,27)(H,24,28). The highest BCUT2D eigenvalue weighted by Crippen LogP contribution is 2.15. The molecule has 1 fully saturated rings. The van der Waals surface area contributed by atoms with Gasteiger partial charge in [-0.25, -0.2) is 0 Å². The molecule has 2 amide bonds. The highest BCUT2D eigenvalue weighted by molar-refractivity contribution is 5.82. The van der Waals surface area contributed by atoms with Gasteiger partial charge in [0.05, 0.1) is 0 Å². The number of carbonyl (C=O) groups excluding carboxylic acids is 2. The fourth-order valence-corrected chi connectivity index (χ4v) is 3.30. The van der Waals surface area contributed by atoms with Gasteiger partial charge in [-0.3, -0.25) is 25.3 Å². The van der Waals surface area contributed by atoms with Crippen LogP contribution in [0.3, 0.4) is 0 Å². The maximum absolute atomic E-state index is 12.0. The molecule has 2 aromatic carbocycles. The minimum Gasteiger partial charge on any atom is -0.369 e. The number of nitrogens with zero attached hydrogens (tertiary/aromatic N) is 2. The van der Waals surface area contributed by atoms with E-state index in [1.165, 1.54) is 5.69 Å². The average molecular weight is 380 g/mol. The molecule has 0 atom stereocenters. The number of hydrogen-bond donors (Lipinski definition) is 2. The van der Waals surface area contributed by atoms with Gasteiger partial charge in [0, 0.05) is 51.3 Å². The molecule has 3 rings (SSSR count). The molecule has 1 saturated heterocycles. The van der Waals surface area contributed by atoms with Crippen LogP contribution in [0.4, 0.5) is 5.69 Å². The Balaban J connectivity index is 1.28. The monoisotopic (exact) mass is 380 g/mol. The summed E-state index contributed by atoms with van der Waals surface area (Å²) in [7, 11) is 0. The van der Waals surface area contributed by atoms with Gasteiger partial charge < -0.3 is 4.90 Å². The van der Waals surface area contributed by atoms with E-state index < -0.39 is 0 Å². The van der Waals surface area contributed by atoms with E-state index in [0.717, 1.165) is 31.7 Å². The number of benzene rings is 2. The topological polar surface area (TPSA) is 64.7 Å². The molecule has 0 unspecified atom stereocenters. The summed E-state index contributed by atoms with van der Waals surface area (Å²) in [6, 6.07) is 20.2. The van der Waals surface area contributed by atoms with Crippen molar-refractivity contribution >= 4 is 17.5 Å². The van der Waals surface area contributed by atoms with Gasteiger partial charge in [-0.05, 0) is 24.1 Å². The number of hydrogen-bond acceptors (Lipinski definition) is 4. The summed E-state index contributed by atoms with van der Waals surface area (Å²) in [5.41, 5.74) is 7.38. The molecule has 28 heavy (non-hydrogen) atoms. The fourth-order valence-electron chi connectivity index (χ4n) is 3.30. The van der Waals surface area contributed by atoms with Gasteiger partial charge in [0.1, 0.15) is 0 Å². The van der Waals surface area contributed by atoms with E-state index in [1.807, 2.05) is 36.4 Å². The lowest BCUT2D eigenvalue weighted by molar-refractivity contribution is -0.129. The molecule has 2 aromatic rings. The molecule has 0 spiro atoms. The Bertz CT molecular complexity index is 744. The molecule has 1 heterocycles. The number of aryl methyl sites for hydroxylation is 1. The van der Waals surface area contributed by atoms with E-state index in [4.69, 9.17) is 0 Å². The molecular formula is C22H28N4O2. The molecule has 148 valence electrons. The Morgan fingerprint density at radius 2 is 1.32 bits per heavy atom. The normalized spacial score (nSPS) is 14.5.